The molecule has 0 saturated carbocycles. The van der Waals surface area contributed by atoms with Crippen LogP contribution in [0.4, 0.5) is 10.1 Å². The minimum atomic E-state index is -4.26. The van der Waals surface area contributed by atoms with Crippen molar-refractivity contribution in [2.24, 2.45) is 0 Å². The molecule has 0 radical (unpaired) electrons. The Labute approximate surface area is 190 Å². The number of allylic oxidation sites excluding steroid dienone is 1. The maximum absolute atomic E-state index is 14.3. The minimum absolute atomic E-state index is 0.0335. The average Bonchev–Trinajstić information content (AvgIpc) is 2.81. The molecule has 0 saturated heterocycles. The number of phenols is 2. The first-order valence-corrected chi connectivity index (χ1v) is 11.9. The molecule has 33 heavy (non-hydrogen) atoms. The average molecular weight is 462 g/mol. The fourth-order valence-corrected chi connectivity index (χ4v) is 5.43. The van der Waals surface area contributed by atoms with Crippen LogP contribution < -0.4 is 4.72 Å². The van der Waals surface area contributed by atoms with Crippen LogP contribution in [-0.4, -0.2) is 18.6 Å². The van der Waals surface area contributed by atoms with Crippen molar-refractivity contribution in [1.29, 1.82) is 0 Å². The van der Waals surface area contributed by atoms with Gasteiger partial charge < -0.3 is 10.2 Å². The van der Waals surface area contributed by atoms with E-state index in [2.05, 4.69) is 4.72 Å². The first-order chi connectivity index (χ1) is 15.9. The van der Waals surface area contributed by atoms with E-state index in [1.54, 1.807) is 30.3 Å². The van der Waals surface area contributed by atoms with Crippen molar-refractivity contribution in [3.05, 3.63) is 89.8 Å². The number of rotatable bonds is 4. The van der Waals surface area contributed by atoms with Gasteiger partial charge in [-0.25, -0.2) is 12.8 Å². The van der Waals surface area contributed by atoms with Crippen LogP contribution in [0.25, 0.3) is 28.0 Å². The van der Waals surface area contributed by atoms with Crippen LogP contribution in [0.15, 0.2) is 77.7 Å². The van der Waals surface area contributed by atoms with Gasteiger partial charge in [-0.3, -0.25) is 4.72 Å². The van der Waals surface area contributed by atoms with E-state index in [1.807, 2.05) is 18.2 Å². The van der Waals surface area contributed by atoms with E-state index >= 15 is 0 Å². The summed E-state index contributed by atoms with van der Waals surface area (Å²) in [7, 11) is -4.26. The number of hydrogen-bond acceptors (Lipinski definition) is 4. The Morgan fingerprint density at radius 1 is 0.909 bits per heavy atom. The zero-order chi connectivity index (χ0) is 23.2. The Bertz CT molecular complexity index is 1540. The van der Waals surface area contributed by atoms with E-state index in [1.165, 1.54) is 24.3 Å². The smallest absolute Gasteiger partial charge is 0.264 e. The summed E-state index contributed by atoms with van der Waals surface area (Å²) in [6, 6.07) is 16.8. The Hall–Kier alpha value is -3.84. The first kappa shape index (κ1) is 21.0. The Morgan fingerprint density at radius 2 is 1.64 bits per heavy atom. The predicted molar refractivity (Wildman–Crippen MR) is 127 cm³/mol. The molecule has 0 fully saturated rings. The number of sulfonamides is 1. The zero-order valence-electron chi connectivity index (χ0n) is 17.4. The summed E-state index contributed by atoms with van der Waals surface area (Å²) >= 11 is 0. The van der Waals surface area contributed by atoms with Crippen LogP contribution in [-0.2, 0) is 16.4 Å². The van der Waals surface area contributed by atoms with E-state index < -0.39 is 20.7 Å². The van der Waals surface area contributed by atoms with Crippen LogP contribution in [0.2, 0.25) is 0 Å². The number of nitrogens with one attached hydrogen (secondary N) is 1. The third-order valence-electron chi connectivity index (χ3n) is 5.83. The number of halogens is 1. The number of fused-ring (bicyclic) bond motifs is 2. The molecule has 0 unspecified atom stereocenters. The van der Waals surface area contributed by atoms with Crippen molar-refractivity contribution >= 4 is 32.6 Å². The minimum Gasteiger partial charge on any atom is -0.507 e. The molecule has 5 rings (SSSR count). The third kappa shape index (κ3) is 3.60. The maximum Gasteiger partial charge on any atom is 0.264 e. The molecule has 4 aromatic carbocycles. The lowest BCUT2D eigenvalue weighted by atomic mass is 9.88. The molecule has 4 aromatic rings. The fourth-order valence-electron chi connectivity index (χ4n) is 4.28. The lowest BCUT2D eigenvalue weighted by Crippen LogP contribution is -2.15. The van der Waals surface area contributed by atoms with Crippen molar-refractivity contribution in [1.82, 2.24) is 0 Å². The second-order valence-corrected chi connectivity index (χ2v) is 9.53. The van der Waals surface area contributed by atoms with E-state index in [0.29, 0.717) is 16.3 Å². The van der Waals surface area contributed by atoms with Crippen molar-refractivity contribution in [2.75, 3.05) is 4.72 Å². The van der Waals surface area contributed by atoms with Gasteiger partial charge in [0.15, 0.2) is 0 Å². The highest BCUT2D eigenvalue weighted by Crippen LogP contribution is 2.46. The second-order valence-electron chi connectivity index (χ2n) is 7.88. The van der Waals surface area contributed by atoms with Gasteiger partial charge in [-0.2, -0.15) is 0 Å². The molecule has 3 N–H and O–H groups in total. The van der Waals surface area contributed by atoms with Gasteiger partial charge >= 0.3 is 0 Å². The standard InChI is InChI=1S/C26H20FNO4S/c27-21-11-5-6-12-24(21)33(31,32)28-22-15-20(26(30)19-10-4-3-9-18(19)22)25-17-8-2-1-7-16(17)13-14-23(25)29/h2-6,8-15,28-30H,1,7H2. The molecular weight excluding hydrogens is 441 g/mol. The highest BCUT2D eigenvalue weighted by atomic mass is 32.2. The SMILES string of the molecule is O=S(=O)(Nc1cc(-c2c(O)ccc3c2C=CCC3)c(O)c2ccccc12)c1ccccc1F. The molecular formula is C26H20FNO4S. The molecule has 0 spiro atoms. The number of hydrogen-bond donors (Lipinski definition) is 3. The Morgan fingerprint density at radius 3 is 2.42 bits per heavy atom. The lowest BCUT2D eigenvalue weighted by Gasteiger charge is -2.20. The normalized spacial score (nSPS) is 13.1. The van der Waals surface area contributed by atoms with Crippen LogP contribution in [0.5, 0.6) is 11.5 Å². The van der Waals surface area contributed by atoms with E-state index in [-0.39, 0.29) is 22.7 Å². The maximum atomic E-state index is 14.3. The van der Waals surface area contributed by atoms with Crippen molar-refractivity contribution in [2.45, 2.75) is 17.7 Å². The number of benzene rings is 4. The van der Waals surface area contributed by atoms with Gasteiger partial charge in [-0.15, -0.1) is 0 Å². The van der Waals surface area contributed by atoms with Gasteiger partial charge in [0, 0.05) is 21.9 Å². The Kier molecular flexibility index (Phi) is 5.06. The number of aromatic hydroxyl groups is 2. The van der Waals surface area contributed by atoms with E-state index in [9.17, 15) is 23.0 Å². The van der Waals surface area contributed by atoms with Gasteiger partial charge in [-0.05, 0) is 48.2 Å². The molecule has 0 bridgehead atoms. The van der Waals surface area contributed by atoms with Crippen molar-refractivity contribution < 1.29 is 23.0 Å². The third-order valence-corrected chi connectivity index (χ3v) is 7.23. The van der Waals surface area contributed by atoms with Crippen LogP contribution in [0, 0.1) is 5.82 Å². The molecule has 1 aliphatic rings. The number of phenolic OH excluding ortho intramolecular Hbond substituents is 2. The quantitative estimate of drug-likeness (QED) is 0.334. The molecule has 0 atom stereocenters. The number of aryl methyl sites for hydroxylation is 1. The molecule has 7 heteroatoms. The topological polar surface area (TPSA) is 86.6 Å². The monoisotopic (exact) mass is 461 g/mol. The van der Waals surface area contributed by atoms with Crippen LogP contribution in [0.3, 0.4) is 0 Å². The van der Waals surface area contributed by atoms with Crippen LogP contribution in [0.1, 0.15) is 17.5 Å². The summed E-state index contributed by atoms with van der Waals surface area (Å²) in [5.74, 6) is -0.982. The molecule has 0 aromatic heterocycles. The van der Waals surface area contributed by atoms with Gasteiger partial charge in [0.05, 0.1) is 5.69 Å². The molecule has 0 heterocycles. The Balaban J connectivity index is 1.76. The molecule has 0 aliphatic heterocycles. The highest BCUT2D eigenvalue weighted by molar-refractivity contribution is 7.92. The second kappa shape index (κ2) is 7.94. The zero-order valence-corrected chi connectivity index (χ0v) is 18.2. The van der Waals surface area contributed by atoms with Gasteiger partial charge in [0.25, 0.3) is 10.0 Å². The number of anilines is 1. The summed E-state index contributed by atoms with van der Waals surface area (Å²) < 4.78 is 42.8. The first-order valence-electron chi connectivity index (χ1n) is 10.4. The highest BCUT2D eigenvalue weighted by Gasteiger charge is 2.24. The summed E-state index contributed by atoms with van der Waals surface area (Å²) in [6.45, 7) is 0. The molecule has 0 amide bonds. The van der Waals surface area contributed by atoms with Crippen molar-refractivity contribution in [3.63, 3.8) is 0 Å². The van der Waals surface area contributed by atoms with Gasteiger partial charge in [-0.1, -0.05) is 54.6 Å². The molecule has 5 nitrogen and oxygen atoms in total. The molecule has 166 valence electrons. The van der Waals surface area contributed by atoms with Gasteiger partial charge in [0.2, 0.25) is 0 Å². The summed E-state index contributed by atoms with van der Waals surface area (Å²) in [5.41, 5.74) is 2.65. The lowest BCUT2D eigenvalue weighted by molar-refractivity contribution is 0.471. The molecule has 1 aliphatic carbocycles. The fraction of sp³-hybridized carbons (Fsp3) is 0.0769. The van der Waals surface area contributed by atoms with Crippen molar-refractivity contribution in [3.8, 4) is 22.6 Å². The summed E-state index contributed by atoms with van der Waals surface area (Å²) in [4.78, 5) is -0.480. The van der Waals surface area contributed by atoms with Gasteiger partial charge in [0.1, 0.15) is 22.2 Å². The van der Waals surface area contributed by atoms with Crippen LogP contribution >= 0.6 is 0 Å². The summed E-state index contributed by atoms with van der Waals surface area (Å²) in [5, 5.41) is 22.7. The van der Waals surface area contributed by atoms with E-state index in [4.69, 9.17) is 0 Å². The summed E-state index contributed by atoms with van der Waals surface area (Å²) in [6.07, 6.45) is 5.55. The largest absolute Gasteiger partial charge is 0.507 e. The van der Waals surface area contributed by atoms with E-state index in [0.717, 1.165) is 30.0 Å². The predicted octanol–water partition coefficient (Wildman–Crippen LogP) is 5.82.